The van der Waals surface area contributed by atoms with Crippen LogP contribution in [0, 0.1) is 0 Å². The van der Waals surface area contributed by atoms with Gasteiger partial charge in [-0.3, -0.25) is 19.2 Å². The lowest BCUT2D eigenvalue weighted by atomic mass is 10.0. The van der Waals surface area contributed by atoms with Gasteiger partial charge in [-0.25, -0.2) is 0 Å². The lowest BCUT2D eigenvalue weighted by Crippen LogP contribution is -2.30. The summed E-state index contributed by atoms with van der Waals surface area (Å²) in [6.07, 6.45) is 20.2. The standard InChI is InChI=1S/C24H43NO5/c1-2-3-4-5-6-7-8-9-10-11-12-13-14-15-16-17-24(28)29-20-21-30-25-22(26)18-19-23(25)27/h2-21H2,1H3. The first kappa shape index (κ1) is 26.6. The molecular formula is C24H43NO5. The monoisotopic (exact) mass is 425 g/mol. The first-order chi connectivity index (χ1) is 14.6. The molecule has 1 saturated heterocycles. The summed E-state index contributed by atoms with van der Waals surface area (Å²) in [4.78, 5) is 39.4. The second-order valence-corrected chi connectivity index (χ2v) is 8.34. The number of carbonyl (C=O) groups excluding carboxylic acids is 3. The molecule has 6 heteroatoms. The van der Waals surface area contributed by atoms with Crippen LogP contribution >= 0.6 is 0 Å². The number of rotatable bonds is 20. The Morgan fingerprint density at radius 2 is 1.13 bits per heavy atom. The molecule has 1 heterocycles. The van der Waals surface area contributed by atoms with Crippen molar-refractivity contribution >= 4 is 17.8 Å². The predicted molar refractivity (Wildman–Crippen MR) is 118 cm³/mol. The van der Waals surface area contributed by atoms with Crippen molar-refractivity contribution < 1.29 is 24.0 Å². The molecular weight excluding hydrogens is 382 g/mol. The van der Waals surface area contributed by atoms with Gasteiger partial charge in [0.1, 0.15) is 13.2 Å². The average Bonchev–Trinajstić information content (AvgIpc) is 3.06. The van der Waals surface area contributed by atoms with Crippen LogP contribution in [-0.2, 0) is 24.0 Å². The molecule has 0 aliphatic carbocycles. The van der Waals surface area contributed by atoms with Gasteiger partial charge in [-0.1, -0.05) is 96.8 Å². The third-order valence-corrected chi connectivity index (χ3v) is 5.56. The van der Waals surface area contributed by atoms with E-state index in [1.165, 1.54) is 83.5 Å². The van der Waals surface area contributed by atoms with Crippen LogP contribution in [0.3, 0.4) is 0 Å². The van der Waals surface area contributed by atoms with E-state index in [0.717, 1.165) is 17.9 Å². The van der Waals surface area contributed by atoms with Crippen molar-refractivity contribution in [2.75, 3.05) is 13.2 Å². The van der Waals surface area contributed by atoms with Crippen molar-refractivity contribution in [2.45, 2.75) is 122 Å². The molecule has 0 aromatic heterocycles. The maximum atomic E-state index is 11.7. The number of hydrogen-bond donors (Lipinski definition) is 0. The number of nitrogens with zero attached hydrogens (tertiary/aromatic N) is 1. The second kappa shape index (κ2) is 18.3. The zero-order valence-corrected chi connectivity index (χ0v) is 19.1. The van der Waals surface area contributed by atoms with Gasteiger partial charge in [-0.05, 0) is 6.42 Å². The number of hydroxylamine groups is 2. The van der Waals surface area contributed by atoms with Gasteiger partial charge >= 0.3 is 5.97 Å². The molecule has 6 nitrogen and oxygen atoms in total. The molecule has 1 aliphatic rings. The molecule has 0 aromatic carbocycles. The van der Waals surface area contributed by atoms with Crippen LogP contribution in [0.2, 0.25) is 0 Å². The van der Waals surface area contributed by atoms with E-state index >= 15 is 0 Å². The second-order valence-electron chi connectivity index (χ2n) is 8.34. The SMILES string of the molecule is CCCCCCCCCCCCCCCCCC(=O)OCCON1C(=O)CCC1=O. The van der Waals surface area contributed by atoms with E-state index in [2.05, 4.69) is 6.92 Å². The van der Waals surface area contributed by atoms with E-state index in [-0.39, 0.29) is 43.8 Å². The normalized spacial score (nSPS) is 14.0. The molecule has 1 aliphatic heterocycles. The van der Waals surface area contributed by atoms with Crippen molar-refractivity contribution in [3.63, 3.8) is 0 Å². The van der Waals surface area contributed by atoms with Crippen LogP contribution < -0.4 is 0 Å². The molecule has 1 rings (SSSR count). The Balaban J connectivity index is 1.77. The van der Waals surface area contributed by atoms with Crippen molar-refractivity contribution in [1.29, 1.82) is 0 Å². The highest BCUT2D eigenvalue weighted by Crippen LogP contribution is 2.14. The summed E-state index contributed by atoms with van der Waals surface area (Å²) in [5, 5.41) is 0.780. The Labute approximate surface area is 183 Å². The summed E-state index contributed by atoms with van der Waals surface area (Å²) in [6.45, 7) is 2.36. The van der Waals surface area contributed by atoms with E-state index in [1.54, 1.807) is 0 Å². The van der Waals surface area contributed by atoms with Crippen molar-refractivity contribution in [3.05, 3.63) is 0 Å². The maximum Gasteiger partial charge on any atom is 0.305 e. The number of hydrogen-bond acceptors (Lipinski definition) is 5. The number of amides is 2. The first-order valence-corrected chi connectivity index (χ1v) is 12.3. The highest BCUT2D eigenvalue weighted by Gasteiger charge is 2.30. The van der Waals surface area contributed by atoms with E-state index in [9.17, 15) is 14.4 Å². The lowest BCUT2D eigenvalue weighted by Gasteiger charge is -2.13. The van der Waals surface area contributed by atoms with Gasteiger partial charge in [-0.2, -0.15) is 5.06 Å². The van der Waals surface area contributed by atoms with Gasteiger partial charge in [0.15, 0.2) is 0 Å². The molecule has 0 spiro atoms. The van der Waals surface area contributed by atoms with E-state index in [1.807, 2.05) is 0 Å². The van der Waals surface area contributed by atoms with Crippen LogP contribution in [0.15, 0.2) is 0 Å². The Morgan fingerprint density at radius 3 is 1.60 bits per heavy atom. The van der Waals surface area contributed by atoms with Gasteiger partial charge in [0.05, 0.1) is 0 Å². The van der Waals surface area contributed by atoms with Gasteiger partial charge < -0.3 is 4.74 Å². The minimum Gasteiger partial charge on any atom is -0.463 e. The van der Waals surface area contributed by atoms with Crippen molar-refractivity contribution in [1.82, 2.24) is 5.06 Å². The van der Waals surface area contributed by atoms with Crippen LogP contribution in [0.25, 0.3) is 0 Å². The van der Waals surface area contributed by atoms with Crippen LogP contribution in [0.5, 0.6) is 0 Å². The third kappa shape index (κ3) is 13.7. The number of ether oxygens (including phenoxy) is 1. The highest BCUT2D eigenvalue weighted by molar-refractivity contribution is 6.00. The quantitative estimate of drug-likeness (QED) is 0.138. The fraction of sp³-hybridized carbons (Fsp3) is 0.875. The molecule has 0 saturated carbocycles. The fourth-order valence-electron chi connectivity index (χ4n) is 3.70. The summed E-state index contributed by atoms with van der Waals surface area (Å²) in [7, 11) is 0. The van der Waals surface area contributed by atoms with Crippen LogP contribution in [0.4, 0.5) is 0 Å². The highest BCUT2D eigenvalue weighted by atomic mass is 16.7. The maximum absolute atomic E-state index is 11.7. The minimum absolute atomic E-state index is 0.0298. The van der Waals surface area contributed by atoms with E-state index in [0.29, 0.717) is 6.42 Å². The summed E-state index contributed by atoms with van der Waals surface area (Å²) >= 11 is 0. The Kier molecular flexibility index (Phi) is 16.3. The topological polar surface area (TPSA) is 72.9 Å². The third-order valence-electron chi connectivity index (χ3n) is 5.56. The van der Waals surface area contributed by atoms with Gasteiger partial charge in [0.2, 0.25) is 0 Å². The molecule has 1 fully saturated rings. The zero-order chi connectivity index (χ0) is 21.9. The van der Waals surface area contributed by atoms with Crippen molar-refractivity contribution in [3.8, 4) is 0 Å². The predicted octanol–water partition coefficient (Wildman–Crippen LogP) is 5.87. The smallest absolute Gasteiger partial charge is 0.305 e. The number of carbonyl (C=O) groups is 3. The molecule has 30 heavy (non-hydrogen) atoms. The molecule has 0 radical (unpaired) electrons. The van der Waals surface area contributed by atoms with E-state index in [4.69, 9.17) is 9.57 Å². The Bertz CT molecular complexity index is 464. The molecule has 174 valence electrons. The number of imide groups is 1. The van der Waals surface area contributed by atoms with E-state index < -0.39 is 0 Å². The number of esters is 1. The Morgan fingerprint density at radius 1 is 0.700 bits per heavy atom. The van der Waals surface area contributed by atoms with Gasteiger partial charge in [0, 0.05) is 19.3 Å². The molecule has 0 bridgehead atoms. The summed E-state index contributed by atoms with van der Waals surface area (Å²) < 4.78 is 5.08. The Hall–Kier alpha value is -1.43. The summed E-state index contributed by atoms with van der Waals surface area (Å²) in [6, 6.07) is 0. The van der Waals surface area contributed by atoms with Crippen LogP contribution in [-0.4, -0.2) is 36.1 Å². The average molecular weight is 426 g/mol. The number of unbranched alkanes of at least 4 members (excludes halogenated alkanes) is 14. The molecule has 2 amide bonds. The molecule has 0 unspecified atom stereocenters. The largest absolute Gasteiger partial charge is 0.463 e. The zero-order valence-electron chi connectivity index (χ0n) is 19.1. The lowest BCUT2D eigenvalue weighted by molar-refractivity contribution is -0.191. The molecule has 0 aromatic rings. The van der Waals surface area contributed by atoms with Gasteiger partial charge in [-0.15, -0.1) is 0 Å². The fourth-order valence-corrected chi connectivity index (χ4v) is 3.70. The molecule has 0 N–H and O–H groups in total. The summed E-state index contributed by atoms with van der Waals surface area (Å²) in [5.74, 6) is -0.902. The molecule has 0 atom stereocenters. The summed E-state index contributed by atoms with van der Waals surface area (Å²) in [5.41, 5.74) is 0. The minimum atomic E-state index is -0.330. The first-order valence-electron chi connectivity index (χ1n) is 12.3. The van der Waals surface area contributed by atoms with Crippen LogP contribution in [0.1, 0.15) is 122 Å². The van der Waals surface area contributed by atoms with Crippen molar-refractivity contribution in [2.24, 2.45) is 0 Å². The van der Waals surface area contributed by atoms with Gasteiger partial charge in [0.25, 0.3) is 11.8 Å².